The predicted octanol–water partition coefficient (Wildman–Crippen LogP) is 5.33. The number of nitrogens with zero attached hydrogens (tertiary/aromatic N) is 3. The number of aryl methyl sites for hydroxylation is 1. The van der Waals surface area contributed by atoms with E-state index in [2.05, 4.69) is 26.0 Å². The first-order valence-corrected chi connectivity index (χ1v) is 13.3. The smallest absolute Gasteiger partial charge is 0.405 e. The van der Waals surface area contributed by atoms with Crippen molar-refractivity contribution in [2.45, 2.75) is 39.7 Å². The number of hydrogen-bond donors (Lipinski definition) is 5. The summed E-state index contributed by atoms with van der Waals surface area (Å²) < 4.78 is 22.1. The van der Waals surface area contributed by atoms with Crippen molar-refractivity contribution in [2.75, 3.05) is 17.2 Å². The highest BCUT2D eigenvalue weighted by Gasteiger charge is 2.22. The SMILES string of the molecule is Cc1cc(Oc2ccc(NC(=O)Nc3cc(C(C)(C)C)nn3-c3ccc(CNC(=O)CNC(=O)O)cc3)c(F)c2)ccn1. The summed E-state index contributed by atoms with van der Waals surface area (Å²) in [5.74, 6) is -0.00494. The molecule has 0 radical (unpaired) electrons. The predicted molar refractivity (Wildman–Crippen MR) is 158 cm³/mol. The van der Waals surface area contributed by atoms with E-state index >= 15 is 0 Å². The number of carboxylic acid groups (broad SMARTS) is 1. The molecule has 12 nitrogen and oxygen atoms in total. The Morgan fingerprint density at radius 3 is 2.33 bits per heavy atom. The Labute approximate surface area is 247 Å². The van der Waals surface area contributed by atoms with Crippen LogP contribution >= 0.6 is 0 Å². The largest absolute Gasteiger partial charge is 0.465 e. The number of urea groups is 1. The van der Waals surface area contributed by atoms with Gasteiger partial charge in [0.15, 0.2) is 0 Å². The number of pyridine rings is 1. The lowest BCUT2D eigenvalue weighted by molar-refractivity contribution is -0.120. The minimum Gasteiger partial charge on any atom is -0.465 e. The zero-order valence-electron chi connectivity index (χ0n) is 24.1. The molecule has 0 unspecified atom stereocenters. The summed E-state index contributed by atoms with van der Waals surface area (Å²) >= 11 is 0. The Balaban J connectivity index is 1.45. The van der Waals surface area contributed by atoms with E-state index in [1.807, 2.05) is 33.0 Å². The van der Waals surface area contributed by atoms with Gasteiger partial charge in [-0.15, -0.1) is 0 Å². The van der Waals surface area contributed by atoms with Crippen molar-refractivity contribution in [3.8, 4) is 17.2 Å². The molecule has 13 heteroatoms. The highest BCUT2D eigenvalue weighted by Crippen LogP contribution is 2.28. The number of rotatable bonds is 9. The molecule has 0 aliphatic carbocycles. The minimum atomic E-state index is -1.28. The van der Waals surface area contributed by atoms with Gasteiger partial charge in [-0.1, -0.05) is 32.9 Å². The van der Waals surface area contributed by atoms with E-state index in [0.29, 0.717) is 22.9 Å². The van der Waals surface area contributed by atoms with Gasteiger partial charge in [0.25, 0.3) is 0 Å². The van der Waals surface area contributed by atoms with Gasteiger partial charge in [-0.25, -0.2) is 18.7 Å². The Hall–Kier alpha value is -5.46. The van der Waals surface area contributed by atoms with Crippen LogP contribution in [0.5, 0.6) is 11.5 Å². The molecule has 0 bridgehead atoms. The number of carbonyl (C=O) groups excluding carboxylic acids is 2. The van der Waals surface area contributed by atoms with E-state index in [-0.39, 0.29) is 29.9 Å². The van der Waals surface area contributed by atoms with Crippen molar-refractivity contribution < 1.29 is 28.6 Å². The maximum atomic E-state index is 14.9. The molecule has 0 saturated carbocycles. The van der Waals surface area contributed by atoms with E-state index < -0.39 is 23.8 Å². The molecule has 0 spiro atoms. The van der Waals surface area contributed by atoms with Gasteiger partial charge in [-0.2, -0.15) is 5.10 Å². The topological polar surface area (TPSA) is 160 Å². The summed E-state index contributed by atoms with van der Waals surface area (Å²) in [5, 5.41) is 23.2. The average molecular weight is 590 g/mol. The Morgan fingerprint density at radius 2 is 1.67 bits per heavy atom. The van der Waals surface area contributed by atoms with Gasteiger partial charge < -0.3 is 25.8 Å². The third-order valence-corrected chi connectivity index (χ3v) is 6.08. The Morgan fingerprint density at radius 1 is 0.953 bits per heavy atom. The lowest BCUT2D eigenvalue weighted by Gasteiger charge is -2.14. The van der Waals surface area contributed by atoms with Crippen LogP contribution < -0.4 is 26.0 Å². The molecular formula is C30H32FN7O5. The second-order valence-electron chi connectivity index (χ2n) is 10.6. The average Bonchev–Trinajstić information content (AvgIpc) is 3.37. The van der Waals surface area contributed by atoms with Gasteiger partial charge >= 0.3 is 12.1 Å². The van der Waals surface area contributed by atoms with E-state index in [9.17, 15) is 18.8 Å². The van der Waals surface area contributed by atoms with Crippen LogP contribution in [0.4, 0.5) is 25.5 Å². The number of nitrogens with one attached hydrogen (secondary N) is 4. The standard InChI is InChI=1S/C30H32FN7O5/c1-18-13-22(11-12-32-18)43-21-9-10-24(23(31)14-21)35-28(40)36-26-15-25(30(2,3)4)37-38(26)20-7-5-19(6-8-20)16-33-27(39)17-34-29(41)42/h5-15,34H,16-17H2,1-4H3,(H,33,39)(H,41,42)(H2,35,36,40). The molecule has 4 amide bonds. The molecule has 2 heterocycles. The highest BCUT2D eigenvalue weighted by atomic mass is 19.1. The third kappa shape index (κ3) is 8.52. The molecule has 0 saturated heterocycles. The third-order valence-electron chi connectivity index (χ3n) is 6.08. The zero-order chi connectivity index (χ0) is 31.1. The van der Waals surface area contributed by atoms with Crippen LogP contribution in [0.3, 0.4) is 0 Å². The summed E-state index contributed by atoms with van der Waals surface area (Å²) in [7, 11) is 0. The molecule has 43 heavy (non-hydrogen) atoms. The molecule has 2 aromatic carbocycles. The molecule has 0 aliphatic heterocycles. The van der Waals surface area contributed by atoms with Gasteiger partial charge in [0.2, 0.25) is 5.91 Å². The zero-order valence-corrected chi connectivity index (χ0v) is 24.1. The minimum absolute atomic E-state index is 0.0391. The first-order chi connectivity index (χ1) is 20.4. The first kappa shape index (κ1) is 30.5. The number of ether oxygens (including phenoxy) is 1. The van der Waals surface area contributed by atoms with Crippen LogP contribution in [0, 0.1) is 12.7 Å². The van der Waals surface area contributed by atoms with Gasteiger partial charge in [-0.05, 0) is 42.8 Å². The molecule has 2 aromatic heterocycles. The second-order valence-corrected chi connectivity index (χ2v) is 10.6. The maximum Gasteiger partial charge on any atom is 0.405 e. The number of aromatic nitrogens is 3. The van der Waals surface area contributed by atoms with E-state index in [1.165, 1.54) is 12.1 Å². The fourth-order valence-electron chi connectivity index (χ4n) is 3.86. The lowest BCUT2D eigenvalue weighted by Crippen LogP contribution is -2.35. The molecular weight excluding hydrogens is 557 g/mol. The first-order valence-electron chi connectivity index (χ1n) is 13.3. The van der Waals surface area contributed by atoms with Gasteiger partial charge in [0, 0.05) is 42.0 Å². The maximum absolute atomic E-state index is 14.9. The van der Waals surface area contributed by atoms with Crippen molar-refractivity contribution in [3.05, 3.63) is 89.6 Å². The number of amides is 4. The summed E-state index contributed by atoms with van der Waals surface area (Å²) in [6.45, 7) is 7.62. The van der Waals surface area contributed by atoms with Crippen molar-refractivity contribution in [2.24, 2.45) is 0 Å². The number of halogens is 1. The highest BCUT2D eigenvalue weighted by molar-refractivity contribution is 5.99. The molecule has 5 N–H and O–H groups in total. The summed E-state index contributed by atoms with van der Waals surface area (Å²) in [4.78, 5) is 39.4. The lowest BCUT2D eigenvalue weighted by atomic mass is 9.92. The quantitative estimate of drug-likeness (QED) is 0.176. The van der Waals surface area contributed by atoms with Crippen LogP contribution in [0.2, 0.25) is 0 Å². The van der Waals surface area contributed by atoms with E-state index in [4.69, 9.17) is 9.84 Å². The molecule has 0 atom stereocenters. The van der Waals surface area contributed by atoms with Crippen molar-refractivity contribution in [3.63, 3.8) is 0 Å². The molecule has 224 valence electrons. The molecule has 0 fully saturated rings. The van der Waals surface area contributed by atoms with Crippen LogP contribution in [0.15, 0.2) is 66.9 Å². The Kier molecular flexibility index (Phi) is 9.23. The number of anilines is 2. The van der Waals surface area contributed by atoms with Gasteiger partial charge in [0.1, 0.15) is 23.1 Å². The monoisotopic (exact) mass is 589 g/mol. The number of carbonyl (C=O) groups is 3. The second kappa shape index (κ2) is 13.0. The fourth-order valence-corrected chi connectivity index (χ4v) is 3.86. The van der Waals surface area contributed by atoms with Gasteiger partial charge in [0.05, 0.1) is 23.6 Å². The summed E-state index contributed by atoms with van der Waals surface area (Å²) in [5.41, 5.74) is 2.50. The fraction of sp³-hybridized carbons (Fsp3) is 0.233. The van der Waals surface area contributed by atoms with Crippen LogP contribution in [0.1, 0.15) is 37.7 Å². The van der Waals surface area contributed by atoms with Crippen LogP contribution in [-0.4, -0.2) is 44.4 Å². The normalized spacial score (nSPS) is 11.0. The molecule has 4 rings (SSSR count). The van der Waals surface area contributed by atoms with Crippen molar-refractivity contribution in [1.29, 1.82) is 0 Å². The van der Waals surface area contributed by atoms with E-state index in [1.54, 1.807) is 59.4 Å². The van der Waals surface area contributed by atoms with Crippen molar-refractivity contribution >= 4 is 29.5 Å². The van der Waals surface area contributed by atoms with Crippen LogP contribution in [0.25, 0.3) is 5.69 Å². The van der Waals surface area contributed by atoms with Crippen molar-refractivity contribution in [1.82, 2.24) is 25.4 Å². The molecule has 0 aliphatic rings. The number of hydrogen-bond acceptors (Lipinski definition) is 6. The number of benzene rings is 2. The molecule has 4 aromatic rings. The van der Waals surface area contributed by atoms with E-state index in [0.717, 1.165) is 11.3 Å². The summed E-state index contributed by atoms with van der Waals surface area (Å²) in [6, 6.07) is 15.7. The summed E-state index contributed by atoms with van der Waals surface area (Å²) in [6.07, 6.45) is 0.312. The van der Waals surface area contributed by atoms with Gasteiger partial charge in [-0.3, -0.25) is 15.1 Å². The van der Waals surface area contributed by atoms with Crippen LogP contribution in [-0.2, 0) is 16.8 Å². The Bertz CT molecular complexity index is 1630.